The minimum atomic E-state index is -0.0317. The molecule has 0 bridgehead atoms. The number of benzene rings is 3. The monoisotopic (exact) mass is 440 g/mol. The zero-order chi connectivity index (χ0) is 22.8. The molecule has 33 heavy (non-hydrogen) atoms. The highest BCUT2D eigenvalue weighted by Crippen LogP contribution is 2.23. The minimum Gasteiger partial charge on any atom is -0.368 e. The lowest BCUT2D eigenvalue weighted by atomic mass is 9.94. The highest BCUT2D eigenvalue weighted by Gasteiger charge is 2.24. The van der Waals surface area contributed by atoms with E-state index in [1.54, 1.807) is 0 Å². The number of fused-ring (bicyclic) bond motifs is 1. The molecule has 6 nitrogen and oxygen atoms in total. The molecule has 2 heterocycles. The van der Waals surface area contributed by atoms with Crippen molar-refractivity contribution < 1.29 is 9.59 Å². The van der Waals surface area contributed by atoms with Crippen LogP contribution in [0.15, 0.2) is 71.8 Å². The van der Waals surface area contributed by atoms with Crippen molar-refractivity contribution in [2.75, 3.05) is 31.1 Å². The maximum Gasteiger partial charge on any atom is 0.240 e. The Bertz CT molecular complexity index is 1210. The summed E-state index contributed by atoms with van der Waals surface area (Å²) in [4.78, 5) is 28.8. The molecule has 0 aliphatic carbocycles. The van der Waals surface area contributed by atoms with E-state index >= 15 is 0 Å². The molecule has 1 N–H and O–H groups in total. The predicted molar refractivity (Wildman–Crippen MR) is 131 cm³/mol. The number of carbonyl (C=O) groups excluding carboxylic acids is 2. The fourth-order valence-corrected chi connectivity index (χ4v) is 4.78. The van der Waals surface area contributed by atoms with Crippen LogP contribution in [0, 0.1) is 5.92 Å². The van der Waals surface area contributed by atoms with Gasteiger partial charge in [-0.3, -0.25) is 9.59 Å². The van der Waals surface area contributed by atoms with Gasteiger partial charge in [0.05, 0.1) is 12.1 Å². The van der Waals surface area contributed by atoms with Gasteiger partial charge >= 0.3 is 0 Å². The molecule has 0 radical (unpaired) electrons. The second-order valence-corrected chi connectivity index (χ2v) is 8.87. The molecule has 2 aliphatic rings. The van der Waals surface area contributed by atoms with E-state index in [-0.39, 0.29) is 17.7 Å². The van der Waals surface area contributed by atoms with Gasteiger partial charge in [0.2, 0.25) is 11.8 Å². The molecule has 3 aromatic rings. The Morgan fingerprint density at radius 2 is 1.70 bits per heavy atom. The van der Waals surface area contributed by atoms with Crippen LogP contribution in [-0.2, 0) is 16.0 Å². The molecule has 0 unspecified atom stereocenters. The summed E-state index contributed by atoms with van der Waals surface area (Å²) in [5, 5.41) is 6.58. The average Bonchev–Trinajstić information content (AvgIpc) is 2.85. The molecule has 0 saturated carbocycles. The van der Waals surface area contributed by atoms with Crippen molar-refractivity contribution in [2.45, 2.75) is 19.8 Å². The average molecular weight is 441 g/mol. The van der Waals surface area contributed by atoms with Crippen molar-refractivity contribution in [3.63, 3.8) is 0 Å². The first kappa shape index (κ1) is 21.2. The number of anilines is 1. The van der Waals surface area contributed by atoms with Crippen LogP contribution in [0.4, 0.5) is 5.69 Å². The number of hydrogen-bond acceptors (Lipinski definition) is 4. The summed E-state index contributed by atoms with van der Waals surface area (Å²) < 4.78 is 0. The van der Waals surface area contributed by atoms with Gasteiger partial charge in [-0.15, -0.1) is 0 Å². The standard InChI is InChI=1S/C27H28N4O2/c1-19-17-25(32)28-29-27(19)21-9-11-23(12-10-21)30-13-15-31(16-14-30)26(33)18-22-7-4-6-20-5-2-3-8-24(20)22/h2-12,19H,13-18H2,1H3,(H,28,32)/t19-/m1/s1. The molecular formula is C27H28N4O2. The Morgan fingerprint density at radius 1 is 0.970 bits per heavy atom. The van der Waals surface area contributed by atoms with Gasteiger partial charge in [-0.1, -0.05) is 61.5 Å². The quantitative estimate of drug-likeness (QED) is 0.674. The largest absolute Gasteiger partial charge is 0.368 e. The number of carbonyl (C=O) groups is 2. The zero-order valence-corrected chi connectivity index (χ0v) is 18.8. The van der Waals surface area contributed by atoms with Crippen molar-refractivity contribution in [2.24, 2.45) is 11.0 Å². The summed E-state index contributed by atoms with van der Waals surface area (Å²) in [5.41, 5.74) is 6.78. The second-order valence-electron chi connectivity index (χ2n) is 8.87. The predicted octanol–water partition coefficient (Wildman–Crippen LogP) is 3.59. The number of piperazine rings is 1. The van der Waals surface area contributed by atoms with Crippen LogP contribution in [0.25, 0.3) is 10.8 Å². The molecule has 1 saturated heterocycles. The van der Waals surface area contributed by atoms with Crippen LogP contribution in [-0.4, -0.2) is 48.6 Å². The van der Waals surface area contributed by atoms with Gasteiger partial charge in [0.25, 0.3) is 0 Å². The third-order valence-electron chi connectivity index (χ3n) is 6.64. The van der Waals surface area contributed by atoms with Crippen molar-refractivity contribution in [1.29, 1.82) is 0 Å². The molecule has 6 heteroatoms. The summed E-state index contributed by atoms with van der Waals surface area (Å²) in [5.74, 6) is 0.268. The van der Waals surface area contributed by atoms with Crippen molar-refractivity contribution >= 4 is 34.0 Å². The van der Waals surface area contributed by atoms with Gasteiger partial charge in [-0.05, 0) is 34.0 Å². The fraction of sp³-hybridized carbons (Fsp3) is 0.296. The summed E-state index contributed by atoms with van der Waals surface area (Å²) in [6, 6.07) is 22.8. The van der Waals surface area contributed by atoms with Gasteiger partial charge in [0.15, 0.2) is 0 Å². The number of nitrogens with one attached hydrogen (secondary N) is 1. The molecule has 0 aromatic heterocycles. The Morgan fingerprint density at radius 3 is 2.45 bits per heavy atom. The van der Waals surface area contributed by atoms with E-state index in [1.165, 1.54) is 5.39 Å². The summed E-state index contributed by atoms with van der Waals surface area (Å²) in [6.45, 7) is 5.10. The third kappa shape index (κ3) is 4.46. The molecule has 5 rings (SSSR count). The van der Waals surface area contributed by atoms with E-state index in [4.69, 9.17) is 0 Å². The third-order valence-corrected chi connectivity index (χ3v) is 6.64. The van der Waals surface area contributed by atoms with Crippen LogP contribution in [0.5, 0.6) is 0 Å². The lowest BCUT2D eigenvalue weighted by Crippen LogP contribution is -2.49. The normalized spacial score (nSPS) is 18.8. The Hall–Kier alpha value is -3.67. The van der Waals surface area contributed by atoms with E-state index in [1.807, 2.05) is 30.0 Å². The van der Waals surface area contributed by atoms with Crippen LogP contribution in [0.1, 0.15) is 24.5 Å². The van der Waals surface area contributed by atoms with Gasteiger partial charge in [-0.2, -0.15) is 5.10 Å². The first-order chi connectivity index (χ1) is 16.1. The number of amides is 2. The van der Waals surface area contributed by atoms with E-state index in [2.05, 4.69) is 64.0 Å². The van der Waals surface area contributed by atoms with Gasteiger partial charge < -0.3 is 9.80 Å². The number of hydrazone groups is 1. The molecule has 1 fully saturated rings. The smallest absolute Gasteiger partial charge is 0.240 e. The number of nitrogens with zero attached hydrogens (tertiary/aromatic N) is 3. The molecule has 1 atom stereocenters. The molecule has 3 aromatic carbocycles. The van der Waals surface area contributed by atoms with E-state index < -0.39 is 0 Å². The zero-order valence-electron chi connectivity index (χ0n) is 18.8. The molecular weight excluding hydrogens is 412 g/mol. The molecule has 2 aliphatic heterocycles. The first-order valence-corrected chi connectivity index (χ1v) is 11.5. The second kappa shape index (κ2) is 9.06. The van der Waals surface area contributed by atoms with Crippen LogP contribution < -0.4 is 10.3 Å². The van der Waals surface area contributed by atoms with Crippen LogP contribution in [0.3, 0.4) is 0 Å². The number of rotatable bonds is 4. The minimum absolute atomic E-state index is 0.0317. The summed E-state index contributed by atoms with van der Waals surface area (Å²) >= 11 is 0. The Kier molecular flexibility index (Phi) is 5.82. The molecule has 0 spiro atoms. The lowest BCUT2D eigenvalue weighted by Gasteiger charge is -2.36. The highest BCUT2D eigenvalue weighted by atomic mass is 16.2. The van der Waals surface area contributed by atoms with E-state index in [9.17, 15) is 9.59 Å². The highest BCUT2D eigenvalue weighted by molar-refractivity contribution is 6.05. The first-order valence-electron chi connectivity index (χ1n) is 11.5. The van der Waals surface area contributed by atoms with Gasteiger partial charge in [-0.25, -0.2) is 5.43 Å². The molecule has 2 amide bonds. The van der Waals surface area contributed by atoms with Crippen molar-refractivity contribution in [1.82, 2.24) is 10.3 Å². The Balaban J connectivity index is 1.20. The number of hydrogen-bond donors (Lipinski definition) is 1. The van der Waals surface area contributed by atoms with Crippen LogP contribution >= 0.6 is 0 Å². The lowest BCUT2D eigenvalue weighted by molar-refractivity contribution is -0.130. The summed E-state index contributed by atoms with van der Waals surface area (Å²) in [6.07, 6.45) is 0.905. The topological polar surface area (TPSA) is 65.0 Å². The van der Waals surface area contributed by atoms with Gasteiger partial charge in [0, 0.05) is 44.2 Å². The maximum atomic E-state index is 13.0. The maximum absolute atomic E-state index is 13.0. The fourth-order valence-electron chi connectivity index (χ4n) is 4.78. The van der Waals surface area contributed by atoms with Crippen molar-refractivity contribution in [3.05, 3.63) is 77.9 Å². The SMILES string of the molecule is C[C@@H]1CC(=O)NN=C1c1ccc(N2CCN(C(=O)Cc3cccc4ccccc34)CC2)cc1. The summed E-state index contributed by atoms with van der Waals surface area (Å²) in [7, 11) is 0. The van der Waals surface area contributed by atoms with Crippen molar-refractivity contribution in [3.8, 4) is 0 Å². The van der Waals surface area contributed by atoms with E-state index in [0.29, 0.717) is 12.8 Å². The van der Waals surface area contributed by atoms with Crippen LogP contribution in [0.2, 0.25) is 0 Å². The molecule has 168 valence electrons. The van der Waals surface area contributed by atoms with Gasteiger partial charge in [0.1, 0.15) is 0 Å². The Labute approximate surface area is 193 Å². The van der Waals surface area contributed by atoms with E-state index in [0.717, 1.165) is 54.1 Å².